The molecule has 2 heterocycles. The topological polar surface area (TPSA) is 159 Å². The standard InChI is InChI=1S/C35H47BN4O4.C34H44N4O3/c1-25(2)39(26(3)4)22-20-37-34(41)33-31-18-17-30(44-24-27-13-9-7-10-14-27)23-29(31)19-21-40(33)35(42)32(38(6)36(5)43)28-15-11-8-12-16-28;1-24(2)37(25(3)4)21-19-36-33(39)32-30-17-16-29(41-23-26-12-8-6-9-13-26)22-28(30)18-20-38(32)34(40)31(35-5)27-14-10-7-11-15-27/h7-18,23,25-26,32-33,43H,19-22,24H2,1-6H3,(H,37,41);6-17,22,24-25,31-32,35H,18-21,23H2,1-5H3,(H,36,39). The summed E-state index contributed by atoms with van der Waals surface area (Å²) in [5.74, 6) is 0.782. The van der Waals surface area contributed by atoms with Gasteiger partial charge in [0.15, 0.2) is 0 Å². The maximum Gasteiger partial charge on any atom is 0.377 e. The van der Waals surface area contributed by atoms with E-state index in [4.69, 9.17) is 9.47 Å². The molecular weight excluding hydrogens is 1060 g/mol. The van der Waals surface area contributed by atoms with Crippen molar-refractivity contribution in [3.05, 3.63) is 202 Å². The van der Waals surface area contributed by atoms with Gasteiger partial charge in [0.25, 0.3) is 0 Å². The summed E-state index contributed by atoms with van der Waals surface area (Å²) in [4.78, 5) is 66.1. The first-order valence-corrected chi connectivity index (χ1v) is 30.3. The van der Waals surface area contributed by atoms with E-state index in [1.165, 1.54) is 0 Å². The molecule has 0 fully saturated rings. The van der Waals surface area contributed by atoms with E-state index in [-0.39, 0.29) is 23.6 Å². The van der Waals surface area contributed by atoms with Gasteiger partial charge in [0.05, 0.1) is 0 Å². The van der Waals surface area contributed by atoms with Crippen LogP contribution >= 0.6 is 0 Å². The highest BCUT2D eigenvalue weighted by Crippen LogP contribution is 2.37. The first-order chi connectivity index (χ1) is 40.9. The van der Waals surface area contributed by atoms with Gasteiger partial charge in [-0.25, -0.2) is 0 Å². The van der Waals surface area contributed by atoms with E-state index in [1.54, 1.807) is 35.5 Å². The molecule has 4 atom stereocenters. The zero-order chi connectivity index (χ0) is 61.2. The number of rotatable bonds is 25. The van der Waals surface area contributed by atoms with Crippen LogP contribution in [0.15, 0.2) is 158 Å². The number of carbonyl (C=O) groups excluding carboxylic acids is 4. The van der Waals surface area contributed by atoms with Crippen LogP contribution in [0.1, 0.15) is 124 Å². The number of amides is 4. The lowest BCUT2D eigenvalue weighted by molar-refractivity contribution is -0.144. The van der Waals surface area contributed by atoms with Crippen molar-refractivity contribution in [2.45, 2.75) is 137 Å². The van der Waals surface area contributed by atoms with Gasteiger partial charge in [0, 0.05) is 63.4 Å². The second kappa shape index (κ2) is 31.7. The lowest BCUT2D eigenvalue weighted by Gasteiger charge is -2.40. The number of carbonyl (C=O) groups is 4. The second-order valence-electron chi connectivity index (χ2n) is 23.3. The predicted molar refractivity (Wildman–Crippen MR) is 340 cm³/mol. The quantitative estimate of drug-likeness (QED) is 0.0405. The fraction of sp³-hybridized carbons (Fsp3) is 0.420. The summed E-state index contributed by atoms with van der Waals surface area (Å²) in [6.45, 7) is 23.1. The molecule has 0 spiro atoms. The number of hydrogen-bond donors (Lipinski definition) is 4. The van der Waals surface area contributed by atoms with E-state index in [2.05, 4.69) is 81.1 Å². The molecule has 0 saturated heterocycles. The van der Waals surface area contributed by atoms with Crippen molar-refractivity contribution in [3.8, 4) is 11.5 Å². The van der Waals surface area contributed by atoms with Gasteiger partial charge in [0.2, 0.25) is 23.6 Å². The van der Waals surface area contributed by atoms with E-state index < -0.39 is 31.2 Å². The fourth-order valence-corrected chi connectivity index (χ4v) is 11.7. The molecule has 6 aromatic rings. The third-order valence-electron chi connectivity index (χ3n) is 16.3. The van der Waals surface area contributed by atoms with Crippen LogP contribution in [0.2, 0.25) is 6.82 Å². The Labute approximate surface area is 506 Å². The van der Waals surface area contributed by atoms with Gasteiger partial charge in [-0.1, -0.05) is 133 Å². The minimum absolute atomic E-state index is 0.111. The van der Waals surface area contributed by atoms with Crippen molar-refractivity contribution in [1.82, 2.24) is 40.4 Å². The van der Waals surface area contributed by atoms with Crippen molar-refractivity contribution in [2.24, 2.45) is 0 Å². The second-order valence-corrected chi connectivity index (χ2v) is 23.3. The van der Waals surface area contributed by atoms with Gasteiger partial charge < -0.3 is 45.1 Å². The zero-order valence-corrected chi connectivity index (χ0v) is 51.9. The van der Waals surface area contributed by atoms with Crippen LogP contribution in [-0.4, -0.2) is 138 Å². The average Bonchev–Trinajstić information content (AvgIpc) is 2.44. The summed E-state index contributed by atoms with van der Waals surface area (Å²) in [6.07, 6.45) is 1.23. The first-order valence-electron chi connectivity index (χ1n) is 30.3. The van der Waals surface area contributed by atoms with Crippen LogP contribution < -0.4 is 25.4 Å². The normalized spacial score (nSPS) is 15.5. The molecule has 2 aliphatic heterocycles. The molecule has 452 valence electrons. The van der Waals surface area contributed by atoms with E-state index in [0.29, 0.717) is 82.9 Å². The van der Waals surface area contributed by atoms with Gasteiger partial charge in [-0.2, -0.15) is 0 Å². The molecule has 0 aliphatic carbocycles. The number of nitrogens with one attached hydrogen (secondary N) is 3. The molecule has 8 rings (SSSR count). The third kappa shape index (κ3) is 17.4. The Morgan fingerprint density at radius 2 is 0.929 bits per heavy atom. The van der Waals surface area contributed by atoms with Crippen LogP contribution in [0.25, 0.3) is 0 Å². The Kier molecular flexibility index (Phi) is 24.3. The minimum Gasteiger partial charge on any atom is -0.489 e. The molecule has 6 aromatic carbocycles. The number of hydrogen-bond acceptors (Lipinski definition) is 11. The summed E-state index contributed by atoms with van der Waals surface area (Å²) in [6, 6.07) is 49.4. The van der Waals surface area contributed by atoms with Crippen LogP contribution in [0, 0.1) is 0 Å². The summed E-state index contributed by atoms with van der Waals surface area (Å²) in [5, 5.41) is 20.0. The highest BCUT2D eigenvalue weighted by atomic mass is 16.5. The average molecular weight is 1160 g/mol. The van der Waals surface area contributed by atoms with E-state index >= 15 is 0 Å². The van der Waals surface area contributed by atoms with Crippen molar-refractivity contribution < 1.29 is 33.7 Å². The van der Waals surface area contributed by atoms with Crippen molar-refractivity contribution in [2.75, 3.05) is 53.4 Å². The van der Waals surface area contributed by atoms with E-state index in [0.717, 1.165) is 62.6 Å². The highest BCUT2D eigenvalue weighted by Gasteiger charge is 2.42. The van der Waals surface area contributed by atoms with Crippen LogP contribution in [0.5, 0.6) is 11.5 Å². The Morgan fingerprint density at radius 1 is 0.553 bits per heavy atom. The molecule has 0 saturated carbocycles. The van der Waals surface area contributed by atoms with Crippen molar-refractivity contribution >= 4 is 30.7 Å². The monoisotopic (exact) mass is 1150 g/mol. The van der Waals surface area contributed by atoms with Crippen LogP contribution in [0.3, 0.4) is 0 Å². The number of fused-ring (bicyclic) bond motifs is 2. The number of nitrogens with zero attached hydrogens (tertiary/aromatic N) is 5. The molecule has 0 radical (unpaired) electrons. The smallest absolute Gasteiger partial charge is 0.377 e. The zero-order valence-electron chi connectivity index (χ0n) is 51.9. The highest BCUT2D eigenvalue weighted by molar-refractivity contribution is 6.45. The molecule has 4 unspecified atom stereocenters. The number of benzene rings is 6. The van der Waals surface area contributed by atoms with Crippen molar-refractivity contribution in [3.63, 3.8) is 0 Å². The Balaban J connectivity index is 0.000000244. The molecule has 15 nitrogen and oxygen atoms in total. The molecule has 0 aromatic heterocycles. The largest absolute Gasteiger partial charge is 0.489 e. The number of likely N-dealkylation sites (N-methyl/N-ethyl adjacent to an activating group) is 2. The third-order valence-corrected chi connectivity index (χ3v) is 16.3. The first kappa shape index (κ1) is 65.2. The maximum atomic E-state index is 14.4. The number of ether oxygens (including phenoxy) is 2. The van der Waals surface area contributed by atoms with Gasteiger partial charge in [-0.05, 0) is 158 Å². The SMILES string of the molecule is CB(O)N(C)C(C(=O)N1CCc2cc(OCc3ccccc3)ccc2C1C(=O)NCCN(C(C)C)C(C)C)c1ccccc1.CNC(C(=O)N1CCc2cc(OCc3ccccc3)ccc2C1C(=O)NCCN(C(C)C)C(C)C)c1ccccc1. The van der Waals surface area contributed by atoms with Gasteiger partial charge in [-0.15, -0.1) is 0 Å². The lowest BCUT2D eigenvalue weighted by atomic mass is 9.81. The maximum absolute atomic E-state index is 14.4. The molecule has 2 aliphatic rings. The predicted octanol–water partition coefficient (Wildman–Crippen LogP) is 9.60. The Bertz CT molecular complexity index is 3050. The summed E-state index contributed by atoms with van der Waals surface area (Å²) in [5.41, 5.74) is 7.48. The van der Waals surface area contributed by atoms with Gasteiger partial charge >= 0.3 is 7.05 Å². The molecular formula is C69H91BN8O7. The Morgan fingerprint density at radius 3 is 1.31 bits per heavy atom. The van der Waals surface area contributed by atoms with Gasteiger partial charge in [0.1, 0.15) is 48.9 Å². The lowest BCUT2D eigenvalue weighted by Crippen LogP contribution is -2.53. The molecule has 4 amide bonds. The minimum atomic E-state index is -0.865. The van der Waals surface area contributed by atoms with Gasteiger partial charge in [-0.3, -0.25) is 29.0 Å². The van der Waals surface area contributed by atoms with Crippen LogP contribution in [0.4, 0.5) is 0 Å². The van der Waals surface area contributed by atoms with E-state index in [1.807, 2.05) is 158 Å². The van der Waals surface area contributed by atoms with Crippen molar-refractivity contribution in [1.29, 1.82) is 0 Å². The van der Waals surface area contributed by atoms with E-state index in [9.17, 15) is 24.2 Å². The molecule has 85 heavy (non-hydrogen) atoms. The fourth-order valence-electron chi connectivity index (χ4n) is 11.7. The summed E-state index contributed by atoms with van der Waals surface area (Å²) >= 11 is 0. The summed E-state index contributed by atoms with van der Waals surface area (Å²) < 4.78 is 12.2. The Hall–Kier alpha value is -7.34. The van der Waals surface area contributed by atoms with Crippen LogP contribution in [-0.2, 0) is 45.2 Å². The summed E-state index contributed by atoms with van der Waals surface area (Å²) in [7, 11) is 2.65. The molecule has 0 bridgehead atoms. The molecule has 4 N–H and O–H groups in total. The molecule has 16 heteroatoms.